The van der Waals surface area contributed by atoms with Gasteiger partial charge in [-0.3, -0.25) is 4.79 Å². The maximum atomic E-state index is 13.4. The predicted molar refractivity (Wildman–Crippen MR) is 113 cm³/mol. The fourth-order valence-electron chi connectivity index (χ4n) is 2.82. The van der Waals surface area contributed by atoms with Gasteiger partial charge in [-0.1, -0.05) is 23.1 Å². The Hall–Kier alpha value is -2.11. The first-order valence-electron chi connectivity index (χ1n) is 8.96. The molecule has 3 aromatic rings. The molecule has 1 N–H and O–H groups in total. The first-order chi connectivity index (χ1) is 14.0. The summed E-state index contributed by atoms with van der Waals surface area (Å²) in [5.41, 5.74) is 0.926. The van der Waals surface area contributed by atoms with Crippen LogP contribution in [0.5, 0.6) is 0 Å². The summed E-state index contributed by atoms with van der Waals surface area (Å²) in [5, 5.41) is 13.8. The van der Waals surface area contributed by atoms with E-state index in [0.29, 0.717) is 16.4 Å². The molecule has 4 rings (SSSR count). The number of thioether (sulfide) groups is 1. The Balaban J connectivity index is 1.36. The van der Waals surface area contributed by atoms with E-state index in [1.807, 2.05) is 0 Å². The normalized spacial score (nSPS) is 14.9. The molecule has 152 valence electrons. The van der Waals surface area contributed by atoms with E-state index >= 15 is 0 Å². The molecule has 1 aliphatic rings. The lowest BCUT2D eigenvalue weighted by Gasteiger charge is -2.11. The molecule has 0 radical (unpaired) electrons. The lowest BCUT2D eigenvalue weighted by molar-refractivity contribution is -0.115. The summed E-state index contributed by atoms with van der Waals surface area (Å²) in [7, 11) is 0. The van der Waals surface area contributed by atoms with Gasteiger partial charge in [0, 0.05) is 24.0 Å². The molecule has 6 nitrogen and oxygen atoms in total. The number of anilines is 2. The summed E-state index contributed by atoms with van der Waals surface area (Å²) in [6.45, 7) is 3.79. The van der Waals surface area contributed by atoms with E-state index < -0.39 is 11.6 Å². The van der Waals surface area contributed by atoms with Crippen LogP contribution < -0.4 is 10.2 Å². The fraction of sp³-hybridized carbons (Fsp3) is 0.333. The largest absolute Gasteiger partial charge is 0.347 e. The molecule has 1 fully saturated rings. The highest BCUT2D eigenvalue weighted by atomic mass is 32.2. The van der Waals surface area contributed by atoms with Gasteiger partial charge in [-0.25, -0.2) is 13.8 Å². The average molecular weight is 454 g/mol. The smallest absolute Gasteiger partial charge is 0.239 e. The van der Waals surface area contributed by atoms with Crippen LogP contribution in [0.4, 0.5) is 19.0 Å². The van der Waals surface area contributed by atoms with E-state index in [9.17, 15) is 13.6 Å². The molecule has 1 atom stereocenters. The molecule has 0 saturated carbocycles. The van der Waals surface area contributed by atoms with Gasteiger partial charge in [-0.05, 0) is 38.0 Å². The molecule has 1 saturated heterocycles. The Bertz CT molecular complexity index is 1020. The van der Waals surface area contributed by atoms with Crippen LogP contribution in [0.1, 0.15) is 19.8 Å². The molecule has 11 heteroatoms. The maximum absolute atomic E-state index is 13.4. The summed E-state index contributed by atoms with van der Waals surface area (Å²) in [4.78, 5) is 19.0. The van der Waals surface area contributed by atoms with Crippen molar-refractivity contribution in [3.8, 4) is 11.3 Å². The molecule has 1 amide bonds. The van der Waals surface area contributed by atoms with Gasteiger partial charge in [0.15, 0.2) is 21.1 Å². The van der Waals surface area contributed by atoms with Crippen LogP contribution in [0.2, 0.25) is 0 Å². The van der Waals surface area contributed by atoms with Crippen LogP contribution in [0.15, 0.2) is 27.9 Å². The molecule has 2 aromatic heterocycles. The SMILES string of the molecule is CC(Sc1nnc(N2CCCC2)s1)C(=O)Nc1nc(-c2ccc(F)c(F)c2)cs1. The van der Waals surface area contributed by atoms with Gasteiger partial charge < -0.3 is 10.2 Å². The topological polar surface area (TPSA) is 71.0 Å². The van der Waals surface area contributed by atoms with Crippen molar-refractivity contribution in [3.05, 3.63) is 35.2 Å². The molecule has 0 bridgehead atoms. The van der Waals surface area contributed by atoms with Crippen molar-refractivity contribution in [2.24, 2.45) is 0 Å². The fourth-order valence-corrected chi connectivity index (χ4v) is 5.58. The quantitative estimate of drug-likeness (QED) is 0.548. The van der Waals surface area contributed by atoms with Crippen molar-refractivity contribution in [2.45, 2.75) is 29.4 Å². The van der Waals surface area contributed by atoms with Gasteiger partial charge in [-0.15, -0.1) is 21.5 Å². The third-order valence-corrected chi connectivity index (χ3v) is 7.29. The molecule has 3 heterocycles. The van der Waals surface area contributed by atoms with Crippen LogP contribution in [-0.4, -0.2) is 39.4 Å². The standard InChI is InChI=1S/C18H17F2N5OS3/c1-10(28-18-24-23-17(29-18)25-6-2-3-7-25)15(26)22-16-21-14(9-27-16)11-4-5-12(19)13(20)8-11/h4-5,8-10H,2-3,6-7H2,1H3,(H,21,22,26). The Kier molecular flexibility index (Phi) is 6.07. The number of amides is 1. The highest BCUT2D eigenvalue weighted by Crippen LogP contribution is 2.33. The van der Waals surface area contributed by atoms with Gasteiger partial charge in [0.2, 0.25) is 11.0 Å². The first-order valence-corrected chi connectivity index (χ1v) is 11.5. The molecule has 0 aliphatic carbocycles. The molecular formula is C18H17F2N5OS3. The van der Waals surface area contributed by atoms with Crippen molar-refractivity contribution >= 4 is 50.6 Å². The number of aromatic nitrogens is 3. The van der Waals surface area contributed by atoms with E-state index in [0.717, 1.165) is 34.7 Å². The summed E-state index contributed by atoms with van der Waals surface area (Å²) in [6.07, 6.45) is 2.34. The van der Waals surface area contributed by atoms with Gasteiger partial charge in [-0.2, -0.15) is 0 Å². The number of carbonyl (C=O) groups excluding carboxylic acids is 1. The monoisotopic (exact) mass is 453 g/mol. The van der Waals surface area contributed by atoms with Gasteiger partial charge in [0.05, 0.1) is 10.9 Å². The Morgan fingerprint density at radius 3 is 2.79 bits per heavy atom. The predicted octanol–water partition coefficient (Wildman–Crippen LogP) is 4.66. The number of carbonyl (C=O) groups is 1. The highest BCUT2D eigenvalue weighted by Gasteiger charge is 2.21. The Labute approximate surface area is 178 Å². The zero-order valence-corrected chi connectivity index (χ0v) is 17.8. The van der Waals surface area contributed by atoms with E-state index in [2.05, 4.69) is 25.4 Å². The minimum absolute atomic E-state index is 0.209. The second kappa shape index (κ2) is 8.72. The summed E-state index contributed by atoms with van der Waals surface area (Å²) in [6, 6.07) is 3.59. The highest BCUT2D eigenvalue weighted by molar-refractivity contribution is 8.02. The van der Waals surface area contributed by atoms with Crippen LogP contribution in [-0.2, 0) is 4.79 Å². The van der Waals surface area contributed by atoms with Crippen molar-refractivity contribution in [3.63, 3.8) is 0 Å². The number of benzene rings is 1. The van der Waals surface area contributed by atoms with E-state index in [4.69, 9.17) is 0 Å². The number of nitrogens with zero attached hydrogens (tertiary/aromatic N) is 4. The number of thiazole rings is 1. The molecule has 1 aromatic carbocycles. The third kappa shape index (κ3) is 4.73. The van der Waals surface area contributed by atoms with Crippen LogP contribution >= 0.6 is 34.4 Å². The van der Waals surface area contributed by atoms with Gasteiger partial charge >= 0.3 is 0 Å². The molecular weight excluding hydrogens is 436 g/mol. The van der Waals surface area contributed by atoms with Crippen LogP contribution in [0, 0.1) is 11.6 Å². The lowest BCUT2D eigenvalue weighted by Crippen LogP contribution is -2.22. The third-order valence-electron chi connectivity index (χ3n) is 4.37. The number of nitrogens with one attached hydrogen (secondary N) is 1. The number of hydrogen-bond donors (Lipinski definition) is 1. The van der Waals surface area contributed by atoms with Crippen LogP contribution in [0.3, 0.4) is 0 Å². The first kappa shape index (κ1) is 20.2. The molecule has 0 spiro atoms. The van der Waals surface area contributed by atoms with Crippen molar-refractivity contribution in [1.82, 2.24) is 15.2 Å². The lowest BCUT2D eigenvalue weighted by atomic mass is 10.2. The van der Waals surface area contributed by atoms with Gasteiger partial charge in [0.25, 0.3) is 0 Å². The molecule has 1 unspecified atom stereocenters. The Morgan fingerprint density at radius 1 is 1.24 bits per heavy atom. The Morgan fingerprint density at radius 2 is 2.03 bits per heavy atom. The molecule has 29 heavy (non-hydrogen) atoms. The average Bonchev–Trinajstić information content (AvgIpc) is 3.45. The van der Waals surface area contributed by atoms with E-state index in [1.54, 1.807) is 12.3 Å². The van der Waals surface area contributed by atoms with E-state index in [1.165, 1.54) is 53.3 Å². The number of hydrogen-bond acceptors (Lipinski definition) is 8. The second-order valence-electron chi connectivity index (χ2n) is 6.46. The summed E-state index contributed by atoms with van der Waals surface area (Å²) < 4.78 is 27.2. The second-order valence-corrected chi connectivity index (χ2v) is 9.86. The van der Waals surface area contributed by atoms with Gasteiger partial charge in [0.1, 0.15) is 0 Å². The van der Waals surface area contributed by atoms with Crippen LogP contribution in [0.25, 0.3) is 11.3 Å². The van der Waals surface area contributed by atoms with E-state index in [-0.39, 0.29) is 11.2 Å². The zero-order chi connectivity index (χ0) is 20.4. The van der Waals surface area contributed by atoms with Crippen molar-refractivity contribution in [2.75, 3.05) is 23.3 Å². The molecule has 1 aliphatic heterocycles. The zero-order valence-electron chi connectivity index (χ0n) is 15.4. The summed E-state index contributed by atoms with van der Waals surface area (Å²) >= 11 is 4.07. The number of halogens is 2. The minimum Gasteiger partial charge on any atom is -0.347 e. The number of rotatable bonds is 6. The van der Waals surface area contributed by atoms with Crippen molar-refractivity contribution < 1.29 is 13.6 Å². The maximum Gasteiger partial charge on any atom is 0.239 e. The van der Waals surface area contributed by atoms with Crippen molar-refractivity contribution in [1.29, 1.82) is 0 Å². The summed E-state index contributed by atoms with van der Waals surface area (Å²) in [5.74, 6) is -2.05. The minimum atomic E-state index is -0.934.